The lowest BCUT2D eigenvalue weighted by Crippen LogP contribution is -2.16. The van der Waals surface area contributed by atoms with Gasteiger partial charge in [0.05, 0.1) is 11.0 Å². The number of aliphatic carboxylic acids is 1. The summed E-state index contributed by atoms with van der Waals surface area (Å²) >= 11 is 0. The van der Waals surface area contributed by atoms with Crippen LogP contribution in [-0.4, -0.2) is 46.2 Å². The maximum absolute atomic E-state index is 11.0. The number of imidazole rings is 1. The number of aromatic nitrogens is 2. The van der Waals surface area contributed by atoms with Gasteiger partial charge >= 0.3 is 5.97 Å². The molecule has 5 nitrogen and oxygen atoms in total. The van der Waals surface area contributed by atoms with E-state index in [1.807, 2.05) is 43.8 Å². The highest BCUT2D eigenvalue weighted by atomic mass is 16.4. The van der Waals surface area contributed by atoms with Crippen molar-refractivity contribution in [3.05, 3.63) is 29.6 Å². The number of carboxylic acid groups (broad SMARTS) is 1. The van der Waals surface area contributed by atoms with Crippen molar-refractivity contribution in [2.45, 2.75) is 26.3 Å². The predicted octanol–water partition coefficient (Wildman–Crippen LogP) is 1.92. The summed E-state index contributed by atoms with van der Waals surface area (Å²) in [6.07, 6.45) is 0.939. The lowest BCUT2D eigenvalue weighted by molar-refractivity contribution is -0.136. The van der Waals surface area contributed by atoms with Gasteiger partial charge in [0, 0.05) is 6.54 Å². The number of fused-ring (bicyclic) bond motifs is 1. The molecule has 5 heteroatoms. The summed E-state index contributed by atoms with van der Waals surface area (Å²) in [7, 11) is 4.07. The van der Waals surface area contributed by atoms with Crippen molar-refractivity contribution in [2.75, 3.05) is 20.6 Å². The molecule has 108 valence electrons. The molecule has 0 aliphatic carbocycles. The minimum atomic E-state index is -0.842. The quantitative estimate of drug-likeness (QED) is 0.875. The first-order valence-corrected chi connectivity index (χ1v) is 6.79. The summed E-state index contributed by atoms with van der Waals surface area (Å²) in [5.41, 5.74) is 3.04. The Morgan fingerprint density at radius 1 is 1.40 bits per heavy atom. The Bertz CT molecular complexity index is 617. The highest BCUT2D eigenvalue weighted by molar-refractivity contribution is 5.78. The van der Waals surface area contributed by atoms with Gasteiger partial charge in [-0.25, -0.2) is 4.98 Å². The fourth-order valence-electron chi connectivity index (χ4n) is 2.35. The van der Waals surface area contributed by atoms with Crippen molar-refractivity contribution in [3.8, 4) is 0 Å². The Balaban J connectivity index is 2.33. The van der Waals surface area contributed by atoms with Crippen LogP contribution in [0.1, 0.15) is 17.8 Å². The Hall–Kier alpha value is -1.88. The van der Waals surface area contributed by atoms with E-state index in [0.29, 0.717) is 5.82 Å². The van der Waals surface area contributed by atoms with Crippen LogP contribution in [0, 0.1) is 6.92 Å². The SMILES string of the molecule is Cc1ccc2c(c1)nc(CC(=O)O)n2CCCN(C)C. The number of nitrogens with zero attached hydrogens (tertiary/aromatic N) is 3. The fraction of sp³-hybridized carbons (Fsp3) is 0.467. The maximum atomic E-state index is 11.0. The summed E-state index contributed by atoms with van der Waals surface area (Å²) in [6, 6.07) is 6.07. The van der Waals surface area contributed by atoms with Crippen LogP contribution in [0.4, 0.5) is 0 Å². The lowest BCUT2D eigenvalue weighted by atomic mass is 10.2. The Kier molecular flexibility index (Phi) is 4.39. The summed E-state index contributed by atoms with van der Waals surface area (Å²) in [6.45, 7) is 3.78. The molecule has 1 N–H and O–H groups in total. The molecule has 0 spiro atoms. The van der Waals surface area contributed by atoms with Crippen LogP contribution in [0.3, 0.4) is 0 Å². The van der Waals surface area contributed by atoms with Crippen molar-refractivity contribution in [1.82, 2.24) is 14.5 Å². The number of carbonyl (C=O) groups is 1. The van der Waals surface area contributed by atoms with Crippen LogP contribution in [0.5, 0.6) is 0 Å². The summed E-state index contributed by atoms with van der Waals surface area (Å²) in [5.74, 6) is -0.206. The average molecular weight is 275 g/mol. The minimum absolute atomic E-state index is 0.0321. The smallest absolute Gasteiger partial charge is 0.311 e. The van der Waals surface area contributed by atoms with Gasteiger partial charge in [0.2, 0.25) is 0 Å². The normalized spacial score (nSPS) is 11.4. The largest absolute Gasteiger partial charge is 0.481 e. The van der Waals surface area contributed by atoms with Crippen LogP contribution in [0.25, 0.3) is 11.0 Å². The van der Waals surface area contributed by atoms with E-state index in [0.717, 1.165) is 36.1 Å². The molecule has 2 aromatic rings. The molecule has 1 aromatic heterocycles. The van der Waals surface area contributed by atoms with Crippen LogP contribution in [0.15, 0.2) is 18.2 Å². The molecule has 0 fully saturated rings. The van der Waals surface area contributed by atoms with E-state index in [1.54, 1.807) is 0 Å². The number of benzene rings is 1. The monoisotopic (exact) mass is 275 g/mol. The molecule has 0 bridgehead atoms. The fourth-order valence-corrected chi connectivity index (χ4v) is 2.35. The third kappa shape index (κ3) is 3.36. The first-order valence-electron chi connectivity index (χ1n) is 6.79. The van der Waals surface area contributed by atoms with Gasteiger partial charge < -0.3 is 14.6 Å². The average Bonchev–Trinajstić information content (AvgIpc) is 2.65. The summed E-state index contributed by atoms with van der Waals surface area (Å²) in [5, 5.41) is 9.02. The second kappa shape index (κ2) is 6.05. The Morgan fingerprint density at radius 3 is 2.80 bits per heavy atom. The Morgan fingerprint density at radius 2 is 2.15 bits per heavy atom. The second-order valence-electron chi connectivity index (χ2n) is 5.40. The zero-order chi connectivity index (χ0) is 14.7. The van der Waals surface area contributed by atoms with Gasteiger partial charge in [0.1, 0.15) is 12.2 Å². The predicted molar refractivity (Wildman–Crippen MR) is 79.0 cm³/mol. The molecule has 0 aliphatic heterocycles. The molecule has 0 amide bonds. The lowest BCUT2D eigenvalue weighted by Gasteiger charge is -2.12. The molecule has 0 saturated heterocycles. The van der Waals surface area contributed by atoms with Crippen LogP contribution >= 0.6 is 0 Å². The van der Waals surface area contributed by atoms with Crippen molar-refractivity contribution >= 4 is 17.0 Å². The van der Waals surface area contributed by atoms with Gasteiger partial charge in [-0.15, -0.1) is 0 Å². The van der Waals surface area contributed by atoms with Gasteiger partial charge in [-0.2, -0.15) is 0 Å². The molecule has 0 saturated carbocycles. The molecule has 0 aliphatic rings. The van der Waals surface area contributed by atoms with Crippen LogP contribution in [-0.2, 0) is 17.8 Å². The molecular formula is C15H21N3O2. The van der Waals surface area contributed by atoms with E-state index in [9.17, 15) is 4.79 Å². The number of carboxylic acids is 1. The highest BCUT2D eigenvalue weighted by Gasteiger charge is 2.13. The third-order valence-electron chi connectivity index (χ3n) is 3.28. The van der Waals surface area contributed by atoms with E-state index >= 15 is 0 Å². The van der Waals surface area contributed by atoms with E-state index in [-0.39, 0.29) is 6.42 Å². The van der Waals surface area contributed by atoms with Crippen LogP contribution in [0.2, 0.25) is 0 Å². The molecular weight excluding hydrogens is 254 g/mol. The van der Waals surface area contributed by atoms with Crippen molar-refractivity contribution < 1.29 is 9.90 Å². The molecule has 2 rings (SSSR count). The van der Waals surface area contributed by atoms with E-state index < -0.39 is 5.97 Å². The Labute approximate surface area is 118 Å². The first kappa shape index (κ1) is 14.5. The first-order chi connectivity index (χ1) is 9.47. The van der Waals surface area contributed by atoms with Gasteiger partial charge in [-0.05, 0) is 51.7 Å². The van der Waals surface area contributed by atoms with Crippen molar-refractivity contribution in [3.63, 3.8) is 0 Å². The van der Waals surface area contributed by atoms with Gasteiger partial charge in [-0.1, -0.05) is 6.07 Å². The van der Waals surface area contributed by atoms with Gasteiger partial charge in [-0.3, -0.25) is 4.79 Å². The summed E-state index contributed by atoms with van der Waals surface area (Å²) in [4.78, 5) is 17.6. The van der Waals surface area contributed by atoms with Crippen molar-refractivity contribution in [1.29, 1.82) is 0 Å². The molecule has 1 aromatic carbocycles. The van der Waals surface area contributed by atoms with E-state index in [4.69, 9.17) is 5.11 Å². The minimum Gasteiger partial charge on any atom is -0.481 e. The summed E-state index contributed by atoms with van der Waals surface area (Å²) < 4.78 is 2.03. The zero-order valence-electron chi connectivity index (χ0n) is 12.3. The van der Waals surface area contributed by atoms with Crippen molar-refractivity contribution in [2.24, 2.45) is 0 Å². The standard InChI is InChI=1S/C15H21N3O2/c1-11-5-6-13-12(9-11)16-14(10-15(19)20)18(13)8-4-7-17(2)3/h5-6,9H,4,7-8,10H2,1-3H3,(H,19,20). The van der Waals surface area contributed by atoms with E-state index in [2.05, 4.69) is 9.88 Å². The number of hydrogen-bond acceptors (Lipinski definition) is 3. The van der Waals surface area contributed by atoms with Gasteiger partial charge in [0.15, 0.2) is 0 Å². The maximum Gasteiger partial charge on any atom is 0.311 e. The zero-order valence-corrected chi connectivity index (χ0v) is 12.3. The van der Waals surface area contributed by atoms with E-state index in [1.165, 1.54) is 0 Å². The molecule has 0 radical (unpaired) electrons. The van der Waals surface area contributed by atoms with Gasteiger partial charge in [0.25, 0.3) is 0 Å². The number of rotatable bonds is 6. The molecule has 0 atom stereocenters. The number of hydrogen-bond donors (Lipinski definition) is 1. The second-order valence-corrected chi connectivity index (χ2v) is 5.40. The molecule has 0 unspecified atom stereocenters. The molecule has 1 heterocycles. The van der Waals surface area contributed by atoms with Crippen LogP contribution < -0.4 is 0 Å². The molecule has 20 heavy (non-hydrogen) atoms. The topological polar surface area (TPSA) is 58.4 Å². The highest BCUT2D eigenvalue weighted by Crippen LogP contribution is 2.19. The number of aryl methyl sites for hydroxylation is 2. The third-order valence-corrected chi connectivity index (χ3v) is 3.28.